The van der Waals surface area contributed by atoms with Crippen LogP contribution < -0.4 is 0 Å². The summed E-state index contributed by atoms with van der Waals surface area (Å²) < 4.78 is 16.6. The number of hydrogen-bond acceptors (Lipinski definition) is 3. The van der Waals surface area contributed by atoms with Crippen molar-refractivity contribution in [2.75, 3.05) is 13.2 Å². The third-order valence-electron chi connectivity index (χ3n) is 2.06. The molecule has 0 bridgehead atoms. The van der Waals surface area contributed by atoms with Crippen molar-refractivity contribution in [1.29, 1.82) is 0 Å². The molecule has 3 nitrogen and oxygen atoms in total. The number of rotatable bonds is 5. The lowest BCUT2D eigenvalue weighted by molar-refractivity contribution is -0.364. The molecular formula is C10H18O3. The predicted molar refractivity (Wildman–Crippen MR) is 50.3 cm³/mol. The fraction of sp³-hybridized carbons (Fsp3) is 0.800. The minimum atomic E-state index is -0.803. The molecule has 1 aliphatic rings. The molecule has 76 valence electrons. The highest BCUT2D eigenvalue weighted by Gasteiger charge is 2.41. The minimum Gasteiger partial charge on any atom is -0.328 e. The zero-order valence-electron chi connectivity index (χ0n) is 8.41. The molecule has 0 aliphatic carbocycles. The Morgan fingerprint density at radius 3 is 2.46 bits per heavy atom. The Morgan fingerprint density at radius 2 is 2.08 bits per heavy atom. The van der Waals surface area contributed by atoms with E-state index in [0.29, 0.717) is 13.2 Å². The van der Waals surface area contributed by atoms with Crippen molar-refractivity contribution in [2.24, 2.45) is 0 Å². The first-order valence-corrected chi connectivity index (χ1v) is 4.84. The van der Waals surface area contributed by atoms with E-state index in [4.69, 9.17) is 14.2 Å². The molecule has 1 unspecified atom stereocenters. The van der Waals surface area contributed by atoms with E-state index in [-0.39, 0.29) is 6.10 Å². The molecule has 0 aromatic carbocycles. The van der Waals surface area contributed by atoms with Crippen molar-refractivity contribution in [2.45, 2.75) is 38.8 Å². The molecule has 1 heterocycles. The van der Waals surface area contributed by atoms with Crippen LogP contribution in [0.2, 0.25) is 0 Å². The molecule has 1 saturated heterocycles. The Balaban J connectivity index is 2.53. The van der Waals surface area contributed by atoms with Gasteiger partial charge in [-0.05, 0) is 20.3 Å². The van der Waals surface area contributed by atoms with Crippen LogP contribution in [0.25, 0.3) is 0 Å². The second kappa shape index (κ2) is 4.74. The summed E-state index contributed by atoms with van der Waals surface area (Å²) in [6.45, 7) is 8.77. The predicted octanol–water partition coefficient (Wildman–Crippen LogP) is 2.08. The molecule has 0 saturated carbocycles. The molecule has 3 heteroatoms. The number of hydrogen-bond donors (Lipinski definition) is 0. The van der Waals surface area contributed by atoms with Crippen LogP contribution in [-0.2, 0) is 14.2 Å². The first-order valence-electron chi connectivity index (χ1n) is 4.84. The molecular weight excluding hydrogens is 168 g/mol. The average Bonchev–Trinajstić information content (AvgIpc) is 2.50. The second-order valence-corrected chi connectivity index (χ2v) is 2.98. The van der Waals surface area contributed by atoms with Crippen LogP contribution in [0, 0.1) is 0 Å². The van der Waals surface area contributed by atoms with Gasteiger partial charge >= 0.3 is 0 Å². The summed E-state index contributed by atoms with van der Waals surface area (Å²) in [5, 5.41) is 0. The van der Waals surface area contributed by atoms with Gasteiger partial charge in [0.25, 0.3) is 5.97 Å². The molecule has 0 aromatic rings. The van der Waals surface area contributed by atoms with E-state index < -0.39 is 5.97 Å². The second-order valence-electron chi connectivity index (χ2n) is 2.98. The maximum atomic E-state index is 5.62. The molecule has 1 fully saturated rings. The van der Waals surface area contributed by atoms with Crippen molar-refractivity contribution >= 4 is 0 Å². The molecule has 0 spiro atoms. The Labute approximate surface area is 79.7 Å². The average molecular weight is 186 g/mol. The van der Waals surface area contributed by atoms with Crippen molar-refractivity contribution in [3.8, 4) is 0 Å². The highest BCUT2D eigenvalue weighted by atomic mass is 16.9. The van der Waals surface area contributed by atoms with E-state index in [9.17, 15) is 0 Å². The summed E-state index contributed by atoms with van der Waals surface area (Å²) in [5.41, 5.74) is 0. The van der Waals surface area contributed by atoms with E-state index in [1.807, 2.05) is 13.8 Å². The molecule has 0 radical (unpaired) electrons. The van der Waals surface area contributed by atoms with Crippen molar-refractivity contribution in [3.05, 3.63) is 12.7 Å². The standard InChI is InChI=1S/C10H18O3/c1-4-9-7-8-10(13-9,11-5-2)12-6-3/h4,9H,1,5-8H2,2-3H3. The van der Waals surface area contributed by atoms with Gasteiger partial charge in [-0.3, -0.25) is 0 Å². The summed E-state index contributed by atoms with van der Waals surface area (Å²) in [5.74, 6) is -0.803. The number of ether oxygens (including phenoxy) is 3. The van der Waals surface area contributed by atoms with Gasteiger partial charge in [-0.2, -0.15) is 0 Å². The van der Waals surface area contributed by atoms with Crippen LogP contribution in [0.1, 0.15) is 26.7 Å². The van der Waals surface area contributed by atoms with Crippen LogP contribution in [0.5, 0.6) is 0 Å². The molecule has 13 heavy (non-hydrogen) atoms. The molecule has 1 rings (SSSR count). The van der Waals surface area contributed by atoms with Gasteiger partial charge in [0, 0.05) is 19.6 Å². The smallest absolute Gasteiger partial charge is 0.283 e. The van der Waals surface area contributed by atoms with Crippen LogP contribution in [-0.4, -0.2) is 25.3 Å². The van der Waals surface area contributed by atoms with E-state index in [1.165, 1.54) is 0 Å². The minimum absolute atomic E-state index is 0.0677. The fourth-order valence-corrected chi connectivity index (χ4v) is 1.53. The highest BCUT2D eigenvalue weighted by Crippen LogP contribution is 2.32. The molecule has 0 N–H and O–H groups in total. The van der Waals surface area contributed by atoms with Crippen LogP contribution in [0.15, 0.2) is 12.7 Å². The Hall–Kier alpha value is -0.380. The summed E-state index contributed by atoms with van der Waals surface area (Å²) in [7, 11) is 0. The van der Waals surface area contributed by atoms with Crippen LogP contribution >= 0.6 is 0 Å². The zero-order chi connectivity index (χ0) is 9.73. The summed E-state index contributed by atoms with van der Waals surface area (Å²) in [6, 6.07) is 0. The van der Waals surface area contributed by atoms with Gasteiger partial charge in [0.2, 0.25) is 0 Å². The Bertz CT molecular complexity index is 162. The maximum Gasteiger partial charge on any atom is 0.283 e. The van der Waals surface area contributed by atoms with Gasteiger partial charge in [0.1, 0.15) is 0 Å². The third kappa shape index (κ3) is 2.53. The van der Waals surface area contributed by atoms with Crippen molar-refractivity contribution in [1.82, 2.24) is 0 Å². The monoisotopic (exact) mass is 186 g/mol. The van der Waals surface area contributed by atoms with Gasteiger partial charge in [0.15, 0.2) is 0 Å². The zero-order valence-corrected chi connectivity index (χ0v) is 8.41. The van der Waals surface area contributed by atoms with Gasteiger partial charge in [-0.1, -0.05) is 6.08 Å². The quantitative estimate of drug-likeness (QED) is 0.486. The SMILES string of the molecule is C=CC1CCC(OCC)(OCC)O1. The lowest BCUT2D eigenvalue weighted by atomic mass is 10.2. The highest BCUT2D eigenvalue weighted by molar-refractivity contribution is 4.87. The Morgan fingerprint density at radius 1 is 1.46 bits per heavy atom. The normalized spacial score (nSPS) is 26.2. The topological polar surface area (TPSA) is 27.7 Å². The lowest BCUT2D eigenvalue weighted by Gasteiger charge is -2.27. The van der Waals surface area contributed by atoms with E-state index in [2.05, 4.69) is 6.58 Å². The molecule has 0 amide bonds. The summed E-state index contributed by atoms with van der Waals surface area (Å²) in [6.07, 6.45) is 3.56. The van der Waals surface area contributed by atoms with Crippen molar-refractivity contribution < 1.29 is 14.2 Å². The molecule has 0 aromatic heterocycles. The Kier molecular flexibility index (Phi) is 3.90. The lowest BCUT2D eigenvalue weighted by Crippen LogP contribution is -2.36. The van der Waals surface area contributed by atoms with E-state index in [0.717, 1.165) is 12.8 Å². The van der Waals surface area contributed by atoms with Crippen LogP contribution in [0.3, 0.4) is 0 Å². The van der Waals surface area contributed by atoms with Gasteiger partial charge in [0.05, 0.1) is 6.10 Å². The first-order chi connectivity index (χ1) is 6.26. The molecule has 1 aliphatic heterocycles. The van der Waals surface area contributed by atoms with Crippen LogP contribution in [0.4, 0.5) is 0 Å². The largest absolute Gasteiger partial charge is 0.328 e. The van der Waals surface area contributed by atoms with E-state index in [1.54, 1.807) is 6.08 Å². The fourth-order valence-electron chi connectivity index (χ4n) is 1.53. The van der Waals surface area contributed by atoms with Gasteiger partial charge in [-0.15, -0.1) is 6.58 Å². The van der Waals surface area contributed by atoms with Gasteiger partial charge < -0.3 is 14.2 Å². The summed E-state index contributed by atoms with van der Waals surface area (Å²) >= 11 is 0. The summed E-state index contributed by atoms with van der Waals surface area (Å²) in [4.78, 5) is 0. The van der Waals surface area contributed by atoms with Gasteiger partial charge in [-0.25, -0.2) is 0 Å². The third-order valence-corrected chi connectivity index (χ3v) is 2.06. The van der Waals surface area contributed by atoms with E-state index >= 15 is 0 Å². The van der Waals surface area contributed by atoms with Crippen molar-refractivity contribution in [3.63, 3.8) is 0 Å². The molecule has 1 atom stereocenters. The maximum absolute atomic E-state index is 5.62. The first kappa shape index (κ1) is 10.7.